The molecule has 0 saturated heterocycles. The van der Waals surface area contributed by atoms with E-state index in [2.05, 4.69) is 10.5 Å². The minimum Gasteiger partial charge on any atom is -0.354 e. The Balaban J connectivity index is 1.82. The van der Waals surface area contributed by atoms with E-state index in [-0.39, 0.29) is 5.91 Å². The molecule has 3 rings (SSSR count). The first-order valence-electron chi connectivity index (χ1n) is 7.30. The van der Waals surface area contributed by atoms with Crippen LogP contribution in [0.15, 0.2) is 65.2 Å². The van der Waals surface area contributed by atoms with Gasteiger partial charge in [-0.25, -0.2) is 0 Å². The molecule has 23 heavy (non-hydrogen) atoms. The molecule has 1 aromatic heterocycles. The number of hydrogen-bond acceptors (Lipinski definition) is 3. The predicted molar refractivity (Wildman–Crippen MR) is 91.0 cm³/mol. The van der Waals surface area contributed by atoms with E-state index in [1.54, 1.807) is 25.1 Å². The molecule has 0 saturated carbocycles. The maximum absolute atomic E-state index is 12.3. The lowest BCUT2D eigenvalue weighted by Crippen LogP contribution is -2.12. The summed E-state index contributed by atoms with van der Waals surface area (Å²) >= 11 is 0. The number of nitrogens with one attached hydrogen (secondary N) is 1. The van der Waals surface area contributed by atoms with Gasteiger partial charge in [0.1, 0.15) is 11.4 Å². The van der Waals surface area contributed by atoms with Crippen LogP contribution >= 0.6 is 0 Å². The molecule has 114 valence electrons. The van der Waals surface area contributed by atoms with Crippen molar-refractivity contribution < 1.29 is 9.32 Å². The van der Waals surface area contributed by atoms with E-state index in [0.717, 1.165) is 5.56 Å². The maximum atomic E-state index is 12.3. The number of nitrogens with zero attached hydrogens (tertiary/aromatic N) is 1. The van der Waals surface area contributed by atoms with Crippen molar-refractivity contribution in [2.24, 2.45) is 0 Å². The van der Waals surface area contributed by atoms with Gasteiger partial charge in [0, 0.05) is 5.56 Å². The molecule has 0 spiro atoms. The molecular weight excluding hydrogens is 288 g/mol. The number of rotatable bonds is 4. The molecule has 0 unspecified atom stereocenters. The quantitative estimate of drug-likeness (QED) is 0.777. The van der Waals surface area contributed by atoms with Crippen LogP contribution in [-0.4, -0.2) is 11.1 Å². The van der Waals surface area contributed by atoms with Crippen molar-refractivity contribution in [3.63, 3.8) is 0 Å². The minimum absolute atomic E-state index is 0.189. The van der Waals surface area contributed by atoms with Crippen LogP contribution in [0.1, 0.15) is 27.4 Å². The standard InChI is InChI=1S/C19H16N2O2/c1-14-18(20-19(22)16-10-6-3-7-11-16)17(23-21-14)13-12-15-8-4-2-5-9-15/h2-13H,1H3,(H,20,22). The third-order valence-corrected chi connectivity index (χ3v) is 3.39. The van der Waals surface area contributed by atoms with E-state index in [4.69, 9.17) is 4.52 Å². The second-order valence-electron chi connectivity index (χ2n) is 5.07. The smallest absolute Gasteiger partial charge is 0.255 e. The van der Waals surface area contributed by atoms with Crippen LogP contribution in [-0.2, 0) is 0 Å². The molecule has 1 amide bonds. The van der Waals surface area contributed by atoms with Gasteiger partial charge in [-0.05, 0) is 30.7 Å². The highest BCUT2D eigenvalue weighted by atomic mass is 16.5. The van der Waals surface area contributed by atoms with Crippen LogP contribution in [0.5, 0.6) is 0 Å². The summed E-state index contributed by atoms with van der Waals surface area (Å²) < 4.78 is 5.30. The van der Waals surface area contributed by atoms with E-state index in [9.17, 15) is 4.79 Å². The monoisotopic (exact) mass is 304 g/mol. The maximum Gasteiger partial charge on any atom is 0.255 e. The van der Waals surface area contributed by atoms with Crippen molar-refractivity contribution >= 4 is 23.7 Å². The Hall–Kier alpha value is -3.14. The molecule has 4 heteroatoms. The van der Waals surface area contributed by atoms with Crippen molar-refractivity contribution in [2.45, 2.75) is 6.92 Å². The van der Waals surface area contributed by atoms with Gasteiger partial charge in [0.25, 0.3) is 5.91 Å². The first-order valence-corrected chi connectivity index (χ1v) is 7.30. The number of aromatic nitrogens is 1. The lowest BCUT2D eigenvalue weighted by atomic mass is 10.2. The van der Waals surface area contributed by atoms with Crippen LogP contribution in [0.4, 0.5) is 5.69 Å². The van der Waals surface area contributed by atoms with Crippen molar-refractivity contribution in [1.82, 2.24) is 5.16 Å². The molecule has 0 bridgehead atoms. The van der Waals surface area contributed by atoms with Crippen molar-refractivity contribution in [1.29, 1.82) is 0 Å². The highest BCUT2D eigenvalue weighted by Crippen LogP contribution is 2.23. The predicted octanol–water partition coefficient (Wildman–Crippen LogP) is 4.41. The Morgan fingerprint density at radius 2 is 1.65 bits per heavy atom. The molecule has 3 aromatic rings. The second-order valence-corrected chi connectivity index (χ2v) is 5.07. The zero-order valence-electron chi connectivity index (χ0n) is 12.7. The van der Waals surface area contributed by atoms with Crippen molar-refractivity contribution in [3.05, 3.63) is 83.2 Å². The lowest BCUT2D eigenvalue weighted by molar-refractivity contribution is 0.102. The average molecular weight is 304 g/mol. The third-order valence-electron chi connectivity index (χ3n) is 3.39. The zero-order chi connectivity index (χ0) is 16.1. The summed E-state index contributed by atoms with van der Waals surface area (Å²) in [7, 11) is 0. The number of benzene rings is 2. The Labute approximate surface area is 134 Å². The van der Waals surface area contributed by atoms with Crippen LogP contribution in [0.25, 0.3) is 12.2 Å². The van der Waals surface area contributed by atoms with Gasteiger partial charge in [-0.2, -0.15) is 0 Å². The molecule has 0 atom stereocenters. The largest absolute Gasteiger partial charge is 0.354 e. The summed E-state index contributed by atoms with van der Waals surface area (Å²) in [6.07, 6.45) is 3.72. The number of carbonyl (C=O) groups excluding carboxylic acids is 1. The van der Waals surface area contributed by atoms with Gasteiger partial charge in [-0.1, -0.05) is 59.8 Å². The van der Waals surface area contributed by atoms with E-state index < -0.39 is 0 Å². The number of aryl methyl sites for hydroxylation is 1. The van der Waals surface area contributed by atoms with Crippen LogP contribution in [0.3, 0.4) is 0 Å². The van der Waals surface area contributed by atoms with Gasteiger partial charge >= 0.3 is 0 Å². The summed E-state index contributed by atoms with van der Waals surface area (Å²) in [6.45, 7) is 1.80. The number of amides is 1. The Kier molecular flexibility index (Phi) is 4.34. The van der Waals surface area contributed by atoms with Crippen LogP contribution in [0, 0.1) is 6.92 Å². The van der Waals surface area contributed by atoms with Gasteiger partial charge in [-0.15, -0.1) is 0 Å². The summed E-state index contributed by atoms with van der Waals surface area (Å²) in [5.41, 5.74) is 2.86. The van der Waals surface area contributed by atoms with E-state index in [0.29, 0.717) is 22.7 Å². The Morgan fingerprint density at radius 3 is 2.35 bits per heavy atom. The Morgan fingerprint density at radius 1 is 1.00 bits per heavy atom. The summed E-state index contributed by atoms with van der Waals surface area (Å²) in [5, 5.41) is 6.80. The van der Waals surface area contributed by atoms with Gasteiger partial charge in [0.05, 0.1) is 0 Å². The topological polar surface area (TPSA) is 55.1 Å². The van der Waals surface area contributed by atoms with Crippen molar-refractivity contribution in [2.75, 3.05) is 5.32 Å². The SMILES string of the molecule is Cc1noc(C=Cc2ccccc2)c1NC(=O)c1ccccc1. The highest BCUT2D eigenvalue weighted by Gasteiger charge is 2.14. The fraction of sp³-hybridized carbons (Fsp3) is 0.0526. The van der Waals surface area contributed by atoms with E-state index >= 15 is 0 Å². The average Bonchev–Trinajstić information content (AvgIpc) is 2.95. The zero-order valence-corrected chi connectivity index (χ0v) is 12.7. The van der Waals surface area contributed by atoms with Crippen LogP contribution in [0.2, 0.25) is 0 Å². The molecule has 1 heterocycles. The highest BCUT2D eigenvalue weighted by molar-refractivity contribution is 6.05. The summed E-state index contributed by atoms with van der Waals surface area (Å²) in [6, 6.07) is 18.9. The lowest BCUT2D eigenvalue weighted by Gasteiger charge is -2.04. The molecule has 1 N–H and O–H groups in total. The van der Waals surface area contributed by atoms with Gasteiger partial charge < -0.3 is 9.84 Å². The first kappa shape index (κ1) is 14.8. The second kappa shape index (κ2) is 6.75. The van der Waals surface area contributed by atoms with Crippen LogP contribution < -0.4 is 5.32 Å². The Bertz CT molecular complexity index is 821. The van der Waals surface area contributed by atoms with E-state index in [1.165, 1.54) is 0 Å². The molecule has 0 aliphatic carbocycles. The fourth-order valence-electron chi connectivity index (χ4n) is 2.16. The summed E-state index contributed by atoms with van der Waals surface area (Å²) in [5.74, 6) is 0.335. The molecule has 0 aliphatic rings. The third kappa shape index (κ3) is 3.55. The van der Waals surface area contributed by atoms with Gasteiger partial charge in [0.2, 0.25) is 0 Å². The normalized spacial score (nSPS) is 10.8. The summed E-state index contributed by atoms with van der Waals surface area (Å²) in [4.78, 5) is 12.3. The number of hydrogen-bond donors (Lipinski definition) is 1. The first-order chi connectivity index (χ1) is 11.2. The molecule has 4 nitrogen and oxygen atoms in total. The number of anilines is 1. The number of carbonyl (C=O) groups is 1. The molecule has 0 radical (unpaired) electrons. The fourth-order valence-corrected chi connectivity index (χ4v) is 2.16. The molecular formula is C19H16N2O2. The molecule has 0 fully saturated rings. The minimum atomic E-state index is -0.189. The van der Waals surface area contributed by atoms with Gasteiger partial charge in [0.15, 0.2) is 5.76 Å². The molecule has 0 aliphatic heterocycles. The van der Waals surface area contributed by atoms with Crippen molar-refractivity contribution in [3.8, 4) is 0 Å². The van der Waals surface area contributed by atoms with Gasteiger partial charge in [-0.3, -0.25) is 4.79 Å². The van der Waals surface area contributed by atoms with E-state index in [1.807, 2.05) is 54.6 Å². The molecule has 2 aromatic carbocycles.